The number of alkyl halides is 3. The Hall–Kier alpha value is -2.38. The smallest absolute Gasteiger partial charge is 0.416 e. The SMILES string of the molecule is O=C1CCC[C@@H]([C@H](NC(=O)Cc2cccc(C(F)(F)F)c2)C(=O)O)C1. The molecule has 136 valence electrons. The van der Waals surface area contributed by atoms with E-state index in [1.54, 1.807) is 0 Å². The summed E-state index contributed by atoms with van der Waals surface area (Å²) in [5.41, 5.74) is -0.735. The van der Waals surface area contributed by atoms with Crippen LogP contribution in [0.2, 0.25) is 0 Å². The van der Waals surface area contributed by atoms with Crippen molar-refractivity contribution in [1.82, 2.24) is 5.32 Å². The normalized spacial score (nSPS) is 19.3. The van der Waals surface area contributed by atoms with Crippen molar-refractivity contribution in [2.45, 2.75) is 44.3 Å². The Morgan fingerprint density at radius 1 is 1.32 bits per heavy atom. The van der Waals surface area contributed by atoms with E-state index < -0.39 is 35.6 Å². The maximum Gasteiger partial charge on any atom is 0.416 e. The predicted octanol–water partition coefficient (Wildman–Crippen LogP) is 2.58. The van der Waals surface area contributed by atoms with Crippen molar-refractivity contribution < 1.29 is 32.7 Å². The standard InChI is InChI=1S/C17H18F3NO4/c18-17(19,20)12-5-1-3-10(7-12)8-14(23)21-15(16(24)25)11-4-2-6-13(22)9-11/h1,3,5,7,11,15H,2,4,6,8-9H2,(H,21,23)(H,24,25)/t11-,15+/m1/s1. The molecule has 0 radical (unpaired) electrons. The maximum atomic E-state index is 12.7. The van der Waals surface area contributed by atoms with Crippen molar-refractivity contribution in [3.8, 4) is 0 Å². The average molecular weight is 357 g/mol. The zero-order valence-corrected chi connectivity index (χ0v) is 13.3. The van der Waals surface area contributed by atoms with Gasteiger partial charge in [-0.25, -0.2) is 4.79 Å². The number of amides is 1. The number of nitrogens with one attached hydrogen (secondary N) is 1. The summed E-state index contributed by atoms with van der Waals surface area (Å²) in [6.45, 7) is 0. The van der Waals surface area contributed by atoms with Crippen LogP contribution in [-0.2, 0) is 27.0 Å². The number of benzene rings is 1. The van der Waals surface area contributed by atoms with Crippen molar-refractivity contribution >= 4 is 17.7 Å². The summed E-state index contributed by atoms with van der Waals surface area (Å²) in [5.74, 6) is -2.49. The van der Waals surface area contributed by atoms with Gasteiger partial charge < -0.3 is 10.4 Å². The monoisotopic (exact) mass is 357 g/mol. The molecule has 2 N–H and O–H groups in total. The minimum absolute atomic E-state index is 0.0466. The van der Waals surface area contributed by atoms with Gasteiger partial charge in [-0.2, -0.15) is 13.2 Å². The number of carboxylic acid groups (broad SMARTS) is 1. The Balaban J connectivity index is 2.04. The van der Waals surface area contributed by atoms with Gasteiger partial charge in [0.05, 0.1) is 12.0 Å². The van der Waals surface area contributed by atoms with Gasteiger partial charge in [0.15, 0.2) is 0 Å². The van der Waals surface area contributed by atoms with E-state index in [-0.39, 0.29) is 24.2 Å². The maximum absolute atomic E-state index is 12.7. The highest BCUT2D eigenvalue weighted by Gasteiger charge is 2.34. The molecule has 0 spiro atoms. The van der Waals surface area contributed by atoms with Crippen LogP contribution in [0.5, 0.6) is 0 Å². The van der Waals surface area contributed by atoms with Crippen LogP contribution in [0, 0.1) is 5.92 Å². The number of hydrogen-bond acceptors (Lipinski definition) is 3. The summed E-state index contributed by atoms with van der Waals surface area (Å²) in [7, 11) is 0. The Morgan fingerprint density at radius 2 is 2.04 bits per heavy atom. The lowest BCUT2D eigenvalue weighted by molar-refractivity contribution is -0.144. The lowest BCUT2D eigenvalue weighted by Crippen LogP contribution is -2.47. The Bertz CT molecular complexity index is 672. The van der Waals surface area contributed by atoms with Gasteiger partial charge in [0.1, 0.15) is 11.8 Å². The minimum Gasteiger partial charge on any atom is -0.480 e. The summed E-state index contributed by atoms with van der Waals surface area (Å²) >= 11 is 0. The van der Waals surface area contributed by atoms with Crippen molar-refractivity contribution in [3.05, 3.63) is 35.4 Å². The lowest BCUT2D eigenvalue weighted by atomic mass is 9.83. The largest absolute Gasteiger partial charge is 0.480 e. The summed E-state index contributed by atoms with van der Waals surface area (Å²) in [5, 5.41) is 11.6. The fourth-order valence-electron chi connectivity index (χ4n) is 2.99. The van der Waals surface area contributed by atoms with E-state index in [1.165, 1.54) is 12.1 Å². The molecule has 25 heavy (non-hydrogen) atoms. The van der Waals surface area contributed by atoms with Gasteiger partial charge in [-0.1, -0.05) is 18.2 Å². The second-order valence-corrected chi connectivity index (χ2v) is 6.15. The van der Waals surface area contributed by atoms with Crippen LogP contribution < -0.4 is 5.32 Å². The molecule has 0 unspecified atom stereocenters. The molecular formula is C17H18F3NO4. The molecule has 2 atom stereocenters. The van der Waals surface area contributed by atoms with E-state index in [2.05, 4.69) is 5.32 Å². The summed E-state index contributed by atoms with van der Waals surface area (Å²) in [6, 6.07) is 3.10. The summed E-state index contributed by atoms with van der Waals surface area (Å²) < 4.78 is 38.1. The molecule has 1 aromatic carbocycles. The van der Waals surface area contributed by atoms with Crippen LogP contribution in [0.1, 0.15) is 36.8 Å². The van der Waals surface area contributed by atoms with Crippen LogP contribution in [0.15, 0.2) is 24.3 Å². The van der Waals surface area contributed by atoms with Gasteiger partial charge in [0.25, 0.3) is 0 Å². The predicted molar refractivity (Wildman–Crippen MR) is 81.7 cm³/mol. The third-order valence-corrected chi connectivity index (χ3v) is 4.19. The van der Waals surface area contributed by atoms with Gasteiger partial charge in [-0.05, 0) is 30.4 Å². The average Bonchev–Trinajstić information content (AvgIpc) is 2.51. The molecule has 1 fully saturated rings. The van der Waals surface area contributed by atoms with Crippen molar-refractivity contribution in [3.63, 3.8) is 0 Å². The molecule has 8 heteroatoms. The van der Waals surface area contributed by atoms with Crippen molar-refractivity contribution in [1.29, 1.82) is 0 Å². The highest BCUT2D eigenvalue weighted by atomic mass is 19.4. The lowest BCUT2D eigenvalue weighted by Gasteiger charge is -2.27. The first-order chi connectivity index (χ1) is 11.7. The Morgan fingerprint density at radius 3 is 2.64 bits per heavy atom. The van der Waals surface area contributed by atoms with Crippen molar-refractivity contribution in [2.24, 2.45) is 5.92 Å². The van der Waals surface area contributed by atoms with E-state index in [1.807, 2.05) is 0 Å². The molecule has 0 aromatic heterocycles. The highest BCUT2D eigenvalue weighted by Crippen LogP contribution is 2.29. The van der Waals surface area contributed by atoms with Crippen LogP contribution in [-0.4, -0.2) is 28.8 Å². The summed E-state index contributed by atoms with van der Waals surface area (Å²) in [4.78, 5) is 35.0. The molecule has 1 amide bonds. The number of hydrogen-bond donors (Lipinski definition) is 2. The zero-order chi connectivity index (χ0) is 18.6. The van der Waals surface area contributed by atoms with Gasteiger partial charge in [-0.15, -0.1) is 0 Å². The molecule has 0 aliphatic heterocycles. The Kier molecular flexibility index (Phi) is 5.81. The number of carboxylic acids is 1. The van der Waals surface area contributed by atoms with Crippen LogP contribution in [0.3, 0.4) is 0 Å². The van der Waals surface area contributed by atoms with Gasteiger partial charge >= 0.3 is 12.1 Å². The number of carbonyl (C=O) groups excluding carboxylic acids is 2. The van der Waals surface area contributed by atoms with Gasteiger partial charge in [-0.3, -0.25) is 9.59 Å². The van der Waals surface area contributed by atoms with Crippen LogP contribution in [0.4, 0.5) is 13.2 Å². The molecule has 0 bridgehead atoms. The topological polar surface area (TPSA) is 83.5 Å². The first kappa shape index (κ1) is 19.0. The minimum atomic E-state index is -4.52. The number of aliphatic carboxylic acids is 1. The number of halogens is 3. The fraction of sp³-hybridized carbons (Fsp3) is 0.471. The van der Waals surface area contributed by atoms with Crippen LogP contribution >= 0.6 is 0 Å². The van der Waals surface area contributed by atoms with E-state index in [0.717, 1.165) is 12.1 Å². The number of Topliss-reactive ketones (excluding diaryl/α,β-unsaturated/α-hetero) is 1. The van der Waals surface area contributed by atoms with Gasteiger partial charge in [0.2, 0.25) is 5.91 Å². The Labute approximate surface area is 142 Å². The number of ketones is 1. The van der Waals surface area contributed by atoms with E-state index in [4.69, 9.17) is 0 Å². The molecule has 5 nitrogen and oxygen atoms in total. The second-order valence-electron chi connectivity index (χ2n) is 6.15. The first-order valence-corrected chi connectivity index (χ1v) is 7.87. The van der Waals surface area contributed by atoms with E-state index >= 15 is 0 Å². The van der Waals surface area contributed by atoms with E-state index in [9.17, 15) is 32.7 Å². The molecular weight excluding hydrogens is 339 g/mol. The highest BCUT2D eigenvalue weighted by molar-refractivity contribution is 5.86. The second kappa shape index (κ2) is 7.67. The fourth-order valence-corrected chi connectivity index (χ4v) is 2.99. The number of carbonyl (C=O) groups is 3. The quantitative estimate of drug-likeness (QED) is 0.848. The molecule has 1 aromatic rings. The third-order valence-electron chi connectivity index (χ3n) is 4.19. The molecule has 1 aliphatic rings. The van der Waals surface area contributed by atoms with Gasteiger partial charge in [0, 0.05) is 12.8 Å². The first-order valence-electron chi connectivity index (χ1n) is 7.87. The molecule has 0 saturated heterocycles. The molecule has 0 heterocycles. The van der Waals surface area contributed by atoms with E-state index in [0.29, 0.717) is 19.3 Å². The third kappa shape index (κ3) is 5.30. The molecule has 1 aliphatic carbocycles. The molecule has 1 saturated carbocycles. The summed E-state index contributed by atoms with van der Waals surface area (Å²) in [6.07, 6.45) is -3.32. The number of rotatable bonds is 5. The zero-order valence-electron chi connectivity index (χ0n) is 13.3. The molecule has 2 rings (SSSR count). The van der Waals surface area contributed by atoms with Crippen LogP contribution in [0.25, 0.3) is 0 Å². The van der Waals surface area contributed by atoms with Crippen molar-refractivity contribution in [2.75, 3.05) is 0 Å².